The first-order chi connectivity index (χ1) is 10.2. The number of benzene rings is 1. The molecule has 2 aliphatic heterocycles. The maximum Gasteiger partial charge on any atom is 0.127 e. The van der Waals surface area contributed by atoms with Crippen molar-refractivity contribution in [3.63, 3.8) is 0 Å². The van der Waals surface area contributed by atoms with Gasteiger partial charge in [0.2, 0.25) is 0 Å². The number of halogens is 1. The summed E-state index contributed by atoms with van der Waals surface area (Å²) in [7, 11) is 1.69. The molecule has 6 heteroatoms. The van der Waals surface area contributed by atoms with Gasteiger partial charge in [-0.25, -0.2) is 0 Å². The molecule has 22 heavy (non-hydrogen) atoms. The Balaban J connectivity index is 0.00000176. The van der Waals surface area contributed by atoms with Crippen molar-refractivity contribution < 1.29 is 14.6 Å². The Morgan fingerprint density at radius 2 is 2.23 bits per heavy atom. The third kappa shape index (κ3) is 3.66. The van der Waals surface area contributed by atoms with Crippen LogP contribution in [-0.2, 0) is 13.0 Å². The third-order valence-corrected chi connectivity index (χ3v) is 4.30. The summed E-state index contributed by atoms with van der Waals surface area (Å²) in [5.41, 5.74) is 2.36. The van der Waals surface area contributed by atoms with E-state index in [-0.39, 0.29) is 30.5 Å². The molecular formula is C16H25ClN2O3. The smallest absolute Gasteiger partial charge is 0.127 e. The Morgan fingerprint density at radius 3 is 2.91 bits per heavy atom. The van der Waals surface area contributed by atoms with Crippen LogP contribution in [0.2, 0.25) is 0 Å². The standard InChI is InChI=1S/C16H24N2O3.ClH/c1-10-3-11-4-14(20-2)5-12(16(11)21-10)6-17-7-13-8-18-9-15(13)19;/h4-5,10,13,15,17-19H,3,6-9H2,1-2H3;1H. The van der Waals surface area contributed by atoms with Crippen LogP contribution in [0.4, 0.5) is 0 Å². The van der Waals surface area contributed by atoms with E-state index in [2.05, 4.69) is 23.6 Å². The largest absolute Gasteiger partial charge is 0.497 e. The summed E-state index contributed by atoms with van der Waals surface area (Å²) < 4.78 is 11.3. The average Bonchev–Trinajstić information content (AvgIpc) is 3.04. The minimum Gasteiger partial charge on any atom is -0.497 e. The van der Waals surface area contributed by atoms with Crippen molar-refractivity contribution in [2.75, 3.05) is 26.7 Å². The van der Waals surface area contributed by atoms with E-state index >= 15 is 0 Å². The van der Waals surface area contributed by atoms with Crippen LogP contribution in [0.25, 0.3) is 0 Å². The second-order valence-corrected chi connectivity index (χ2v) is 6.02. The summed E-state index contributed by atoms with van der Waals surface area (Å²) in [5.74, 6) is 2.16. The Morgan fingerprint density at radius 1 is 1.41 bits per heavy atom. The summed E-state index contributed by atoms with van der Waals surface area (Å²) in [6, 6.07) is 4.10. The molecule has 0 aliphatic carbocycles. The SMILES string of the molecule is COc1cc(CNCC2CNCC2O)c2c(c1)CC(C)O2.Cl. The Hall–Kier alpha value is -1.01. The monoisotopic (exact) mass is 328 g/mol. The van der Waals surface area contributed by atoms with Gasteiger partial charge in [0.25, 0.3) is 0 Å². The van der Waals surface area contributed by atoms with Crippen molar-refractivity contribution in [2.45, 2.75) is 32.1 Å². The van der Waals surface area contributed by atoms with Crippen LogP contribution in [0.1, 0.15) is 18.1 Å². The molecule has 1 fully saturated rings. The zero-order chi connectivity index (χ0) is 14.8. The van der Waals surface area contributed by atoms with Crippen LogP contribution >= 0.6 is 12.4 Å². The second-order valence-electron chi connectivity index (χ2n) is 6.02. The molecule has 0 aromatic heterocycles. The molecule has 1 aromatic rings. The molecule has 3 atom stereocenters. The molecule has 2 aliphatic rings. The Kier molecular flexibility index (Phi) is 5.92. The first-order valence-corrected chi connectivity index (χ1v) is 7.63. The van der Waals surface area contributed by atoms with E-state index in [0.717, 1.165) is 43.1 Å². The normalized spacial score (nSPS) is 26.2. The fraction of sp³-hybridized carbons (Fsp3) is 0.625. The van der Waals surface area contributed by atoms with Crippen LogP contribution < -0.4 is 20.1 Å². The molecule has 0 radical (unpaired) electrons. The third-order valence-electron chi connectivity index (χ3n) is 4.30. The van der Waals surface area contributed by atoms with Crippen molar-refractivity contribution in [2.24, 2.45) is 5.92 Å². The zero-order valence-corrected chi connectivity index (χ0v) is 13.9. The highest BCUT2D eigenvalue weighted by molar-refractivity contribution is 5.85. The van der Waals surface area contributed by atoms with Gasteiger partial charge < -0.3 is 25.2 Å². The highest BCUT2D eigenvalue weighted by Gasteiger charge is 2.26. The summed E-state index contributed by atoms with van der Waals surface area (Å²) in [6.07, 6.45) is 0.918. The van der Waals surface area contributed by atoms with Crippen molar-refractivity contribution in [3.8, 4) is 11.5 Å². The number of fused-ring (bicyclic) bond motifs is 1. The topological polar surface area (TPSA) is 62.8 Å². The number of aliphatic hydroxyl groups excluding tert-OH is 1. The second kappa shape index (κ2) is 7.51. The molecule has 0 spiro atoms. The molecule has 0 amide bonds. The van der Waals surface area contributed by atoms with Crippen molar-refractivity contribution in [1.29, 1.82) is 0 Å². The first kappa shape index (κ1) is 17.3. The number of hydrogen-bond acceptors (Lipinski definition) is 5. The van der Waals surface area contributed by atoms with Crippen LogP contribution in [0.15, 0.2) is 12.1 Å². The molecule has 0 saturated carbocycles. The van der Waals surface area contributed by atoms with Gasteiger partial charge in [0.15, 0.2) is 0 Å². The molecule has 3 rings (SSSR count). The van der Waals surface area contributed by atoms with E-state index in [0.29, 0.717) is 6.54 Å². The summed E-state index contributed by atoms with van der Waals surface area (Å²) in [6.45, 7) is 5.19. The predicted molar refractivity (Wildman–Crippen MR) is 88.1 cm³/mol. The van der Waals surface area contributed by atoms with E-state index in [9.17, 15) is 5.11 Å². The molecule has 1 aromatic carbocycles. The van der Waals surface area contributed by atoms with Crippen molar-refractivity contribution >= 4 is 12.4 Å². The fourth-order valence-corrected chi connectivity index (χ4v) is 3.15. The lowest BCUT2D eigenvalue weighted by Crippen LogP contribution is -2.30. The quantitative estimate of drug-likeness (QED) is 0.756. The van der Waals surface area contributed by atoms with Gasteiger partial charge in [-0.15, -0.1) is 12.4 Å². The van der Waals surface area contributed by atoms with Crippen LogP contribution in [0, 0.1) is 5.92 Å². The highest BCUT2D eigenvalue weighted by atomic mass is 35.5. The van der Waals surface area contributed by atoms with Gasteiger partial charge in [0, 0.05) is 49.6 Å². The lowest BCUT2D eigenvalue weighted by Gasteiger charge is -2.16. The molecule has 0 bridgehead atoms. The summed E-state index contributed by atoms with van der Waals surface area (Å²) >= 11 is 0. The van der Waals surface area contributed by atoms with E-state index < -0.39 is 0 Å². The minimum absolute atomic E-state index is 0. The van der Waals surface area contributed by atoms with Gasteiger partial charge in [-0.3, -0.25) is 0 Å². The zero-order valence-electron chi connectivity index (χ0n) is 13.1. The van der Waals surface area contributed by atoms with Crippen LogP contribution in [0.3, 0.4) is 0 Å². The van der Waals surface area contributed by atoms with Crippen molar-refractivity contribution in [3.05, 3.63) is 23.3 Å². The van der Waals surface area contributed by atoms with Gasteiger partial charge in [0.05, 0.1) is 13.2 Å². The number of ether oxygens (including phenoxy) is 2. The van der Waals surface area contributed by atoms with Gasteiger partial charge in [-0.2, -0.15) is 0 Å². The number of nitrogens with one attached hydrogen (secondary N) is 2. The molecular weight excluding hydrogens is 304 g/mol. The summed E-state index contributed by atoms with van der Waals surface area (Å²) in [4.78, 5) is 0. The number of methoxy groups -OCH3 is 1. The van der Waals surface area contributed by atoms with Gasteiger partial charge in [-0.1, -0.05) is 0 Å². The maximum atomic E-state index is 9.81. The molecule has 3 unspecified atom stereocenters. The number of aliphatic hydroxyl groups is 1. The van der Waals surface area contributed by atoms with Gasteiger partial charge in [-0.05, 0) is 19.1 Å². The Labute approximate surface area is 137 Å². The molecule has 3 N–H and O–H groups in total. The predicted octanol–water partition coefficient (Wildman–Crippen LogP) is 1.11. The molecule has 124 valence electrons. The fourth-order valence-electron chi connectivity index (χ4n) is 3.15. The number of hydrogen-bond donors (Lipinski definition) is 3. The van der Waals surface area contributed by atoms with Crippen LogP contribution in [-0.4, -0.2) is 44.1 Å². The van der Waals surface area contributed by atoms with Gasteiger partial charge >= 0.3 is 0 Å². The van der Waals surface area contributed by atoms with Crippen molar-refractivity contribution in [1.82, 2.24) is 10.6 Å². The van der Waals surface area contributed by atoms with E-state index in [1.807, 2.05) is 6.07 Å². The molecule has 5 nitrogen and oxygen atoms in total. The highest BCUT2D eigenvalue weighted by Crippen LogP contribution is 2.36. The number of rotatable bonds is 5. The lowest BCUT2D eigenvalue weighted by molar-refractivity contribution is 0.146. The van der Waals surface area contributed by atoms with E-state index in [1.165, 1.54) is 5.56 Å². The van der Waals surface area contributed by atoms with Gasteiger partial charge in [0.1, 0.15) is 17.6 Å². The first-order valence-electron chi connectivity index (χ1n) is 7.63. The number of β-amino-alcohol motifs (C(OH)–C–C–N with tert-alkyl or cyclic N) is 1. The maximum absolute atomic E-state index is 9.81. The summed E-state index contributed by atoms with van der Waals surface area (Å²) in [5, 5.41) is 16.4. The minimum atomic E-state index is -0.246. The van der Waals surface area contributed by atoms with Crippen LogP contribution in [0.5, 0.6) is 11.5 Å². The lowest BCUT2D eigenvalue weighted by atomic mass is 10.0. The van der Waals surface area contributed by atoms with E-state index in [1.54, 1.807) is 7.11 Å². The van der Waals surface area contributed by atoms with E-state index in [4.69, 9.17) is 9.47 Å². The Bertz CT molecular complexity index is 512. The average molecular weight is 329 g/mol. The molecule has 2 heterocycles. The molecule has 1 saturated heterocycles.